The summed E-state index contributed by atoms with van der Waals surface area (Å²) in [5, 5.41) is 13.0. The van der Waals surface area contributed by atoms with Crippen molar-refractivity contribution in [1.29, 1.82) is 0 Å². The monoisotopic (exact) mass is 243 g/mol. The summed E-state index contributed by atoms with van der Waals surface area (Å²) in [5.41, 5.74) is -1.50. The van der Waals surface area contributed by atoms with E-state index in [0.29, 0.717) is 19.4 Å². The molecule has 2 N–H and O–H groups in total. The van der Waals surface area contributed by atoms with Crippen LogP contribution in [0.15, 0.2) is 0 Å². The molecule has 1 saturated heterocycles. The molecule has 0 spiro atoms. The van der Waals surface area contributed by atoms with E-state index in [0.717, 1.165) is 6.42 Å². The van der Waals surface area contributed by atoms with E-state index in [1.54, 1.807) is 0 Å². The van der Waals surface area contributed by atoms with Crippen LogP contribution in [0.3, 0.4) is 0 Å². The van der Waals surface area contributed by atoms with Crippen LogP contribution in [-0.4, -0.2) is 34.4 Å². The Morgan fingerprint density at radius 3 is 2.06 bits per heavy atom. The molecule has 1 heterocycles. The third kappa shape index (κ3) is 3.42. The van der Waals surface area contributed by atoms with E-state index >= 15 is 0 Å². The van der Waals surface area contributed by atoms with Gasteiger partial charge in [0.25, 0.3) is 0 Å². The Morgan fingerprint density at radius 1 is 1.24 bits per heavy atom. The van der Waals surface area contributed by atoms with Crippen molar-refractivity contribution < 1.29 is 14.6 Å². The van der Waals surface area contributed by atoms with E-state index in [2.05, 4.69) is 5.32 Å². The van der Waals surface area contributed by atoms with Crippen LogP contribution in [0.4, 0.5) is 0 Å². The van der Waals surface area contributed by atoms with Crippen LogP contribution >= 0.6 is 0 Å². The Bertz CT molecular complexity index is 281. The van der Waals surface area contributed by atoms with Crippen molar-refractivity contribution in [1.82, 2.24) is 5.32 Å². The molecule has 1 fully saturated rings. The molecule has 0 atom stereocenters. The quantitative estimate of drug-likeness (QED) is 0.794. The summed E-state index contributed by atoms with van der Waals surface area (Å²) in [7, 11) is 0. The second kappa shape index (κ2) is 4.58. The number of carboxylic acids is 1. The van der Waals surface area contributed by atoms with Crippen LogP contribution in [0.5, 0.6) is 0 Å². The highest BCUT2D eigenvalue weighted by Gasteiger charge is 2.52. The minimum absolute atomic E-state index is 0.228. The van der Waals surface area contributed by atoms with Gasteiger partial charge in [0.2, 0.25) is 0 Å². The first-order chi connectivity index (χ1) is 7.63. The molecule has 4 nitrogen and oxygen atoms in total. The largest absolute Gasteiger partial charge is 0.479 e. The summed E-state index contributed by atoms with van der Waals surface area (Å²) in [4.78, 5) is 11.6. The van der Waals surface area contributed by atoms with Gasteiger partial charge >= 0.3 is 5.97 Å². The Balaban J connectivity index is 2.99. The summed E-state index contributed by atoms with van der Waals surface area (Å²) in [6, 6.07) is 0. The van der Waals surface area contributed by atoms with Gasteiger partial charge in [-0.15, -0.1) is 0 Å². The Hall–Kier alpha value is -0.610. The lowest BCUT2D eigenvalue weighted by molar-refractivity contribution is -0.179. The fourth-order valence-corrected chi connectivity index (χ4v) is 3.11. The highest BCUT2D eigenvalue weighted by molar-refractivity contribution is 5.78. The molecule has 0 aliphatic carbocycles. The first-order valence-electron chi connectivity index (χ1n) is 6.29. The number of nitrogens with one attached hydrogen (secondary N) is 1. The number of piperidine rings is 1. The lowest BCUT2D eigenvalue weighted by Gasteiger charge is -2.50. The maximum atomic E-state index is 11.6. The highest BCUT2D eigenvalue weighted by Crippen LogP contribution is 2.38. The topological polar surface area (TPSA) is 58.6 Å². The molecule has 4 heteroatoms. The standard InChI is InChI=1S/C13H25NO3/c1-6-7-17-13(10(15)16)8-11(2,3)14-12(4,5)9-13/h14H,6-9H2,1-5H3,(H,15,16). The average Bonchev–Trinajstić information content (AvgIpc) is 2.09. The van der Waals surface area contributed by atoms with E-state index in [-0.39, 0.29) is 11.1 Å². The molecule has 0 saturated carbocycles. The first kappa shape index (κ1) is 14.5. The summed E-state index contributed by atoms with van der Waals surface area (Å²) in [6.45, 7) is 10.6. The number of hydrogen-bond acceptors (Lipinski definition) is 3. The van der Waals surface area contributed by atoms with E-state index in [1.807, 2.05) is 34.6 Å². The van der Waals surface area contributed by atoms with Crippen molar-refractivity contribution in [3.8, 4) is 0 Å². The molecule has 0 amide bonds. The van der Waals surface area contributed by atoms with Gasteiger partial charge in [-0.1, -0.05) is 6.92 Å². The molecule has 0 aromatic heterocycles. The molecule has 0 unspecified atom stereocenters. The normalized spacial score (nSPS) is 25.5. The molecule has 1 aliphatic rings. The fraction of sp³-hybridized carbons (Fsp3) is 0.923. The van der Waals surface area contributed by atoms with Crippen molar-refractivity contribution in [2.45, 2.75) is 70.6 Å². The zero-order chi connectivity index (χ0) is 13.3. The highest BCUT2D eigenvalue weighted by atomic mass is 16.5. The second-order valence-electron chi connectivity index (χ2n) is 6.39. The third-order valence-electron chi connectivity index (χ3n) is 3.10. The number of aliphatic carboxylic acids is 1. The minimum Gasteiger partial charge on any atom is -0.479 e. The zero-order valence-corrected chi connectivity index (χ0v) is 11.6. The van der Waals surface area contributed by atoms with Gasteiger partial charge in [0, 0.05) is 30.5 Å². The first-order valence-corrected chi connectivity index (χ1v) is 6.29. The number of carbonyl (C=O) groups is 1. The van der Waals surface area contributed by atoms with E-state index in [9.17, 15) is 9.90 Å². The van der Waals surface area contributed by atoms with Gasteiger partial charge in [-0.05, 0) is 34.1 Å². The molecule has 1 aliphatic heterocycles. The lowest BCUT2D eigenvalue weighted by atomic mass is 9.73. The van der Waals surface area contributed by atoms with Crippen LogP contribution in [0, 0.1) is 0 Å². The second-order valence-corrected chi connectivity index (χ2v) is 6.39. The Morgan fingerprint density at radius 2 is 1.71 bits per heavy atom. The van der Waals surface area contributed by atoms with Crippen molar-refractivity contribution in [3.05, 3.63) is 0 Å². The van der Waals surface area contributed by atoms with Gasteiger partial charge in [0.05, 0.1) is 0 Å². The SMILES string of the molecule is CCCOC1(C(=O)O)CC(C)(C)NC(C)(C)C1. The maximum Gasteiger partial charge on any atom is 0.336 e. The van der Waals surface area contributed by atoms with E-state index in [4.69, 9.17) is 4.74 Å². The van der Waals surface area contributed by atoms with Crippen LogP contribution in [0.25, 0.3) is 0 Å². The van der Waals surface area contributed by atoms with Crippen LogP contribution in [0.2, 0.25) is 0 Å². The van der Waals surface area contributed by atoms with Gasteiger partial charge < -0.3 is 15.2 Å². The summed E-state index contributed by atoms with van der Waals surface area (Å²) < 4.78 is 5.71. The number of carboxylic acid groups (broad SMARTS) is 1. The van der Waals surface area contributed by atoms with E-state index in [1.165, 1.54) is 0 Å². The molecule has 1 rings (SSSR count). The zero-order valence-electron chi connectivity index (χ0n) is 11.6. The Labute approximate surface area is 104 Å². The summed E-state index contributed by atoms with van der Waals surface area (Å²) in [6.07, 6.45) is 1.83. The Kier molecular flexibility index (Phi) is 3.89. The predicted octanol–water partition coefficient (Wildman–Crippen LogP) is 2.18. The molecule has 17 heavy (non-hydrogen) atoms. The van der Waals surface area contributed by atoms with Crippen molar-refractivity contribution in [2.24, 2.45) is 0 Å². The third-order valence-corrected chi connectivity index (χ3v) is 3.10. The van der Waals surface area contributed by atoms with Crippen molar-refractivity contribution in [2.75, 3.05) is 6.61 Å². The molecular weight excluding hydrogens is 218 g/mol. The number of rotatable bonds is 4. The van der Waals surface area contributed by atoms with Gasteiger partial charge in [-0.2, -0.15) is 0 Å². The van der Waals surface area contributed by atoms with Crippen LogP contribution in [-0.2, 0) is 9.53 Å². The molecule has 100 valence electrons. The lowest BCUT2D eigenvalue weighted by Crippen LogP contribution is -2.66. The molecular formula is C13H25NO3. The number of hydrogen-bond donors (Lipinski definition) is 2. The van der Waals surface area contributed by atoms with Gasteiger partial charge in [0.1, 0.15) is 0 Å². The van der Waals surface area contributed by atoms with Crippen molar-refractivity contribution in [3.63, 3.8) is 0 Å². The van der Waals surface area contributed by atoms with Crippen LogP contribution in [0.1, 0.15) is 53.9 Å². The smallest absolute Gasteiger partial charge is 0.336 e. The van der Waals surface area contributed by atoms with Gasteiger partial charge in [-0.3, -0.25) is 0 Å². The fourth-order valence-electron chi connectivity index (χ4n) is 3.11. The molecule has 0 radical (unpaired) electrons. The van der Waals surface area contributed by atoms with Gasteiger partial charge in [0.15, 0.2) is 5.60 Å². The predicted molar refractivity (Wildman–Crippen MR) is 67.1 cm³/mol. The van der Waals surface area contributed by atoms with E-state index < -0.39 is 11.6 Å². The van der Waals surface area contributed by atoms with Crippen LogP contribution < -0.4 is 5.32 Å². The number of ether oxygens (including phenoxy) is 1. The molecule has 0 bridgehead atoms. The minimum atomic E-state index is -1.05. The van der Waals surface area contributed by atoms with Gasteiger partial charge in [-0.25, -0.2) is 4.79 Å². The molecule has 0 aromatic rings. The summed E-state index contributed by atoms with van der Waals surface area (Å²) >= 11 is 0. The maximum absolute atomic E-state index is 11.6. The molecule has 0 aromatic carbocycles. The summed E-state index contributed by atoms with van der Waals surface area (Å²) in [5.74, 6) is -0.839. The van der Waals surface area contributed by atoms with Crippen molar-refractivity contribution >= 4 is 5.97 Å². The average molecular weight is 243 g/mol.